The van der Waals surface area contributed by atoms with E-state index >= 15 is 0 Å². The van der Waals surface area contributed by atoms with E-state index in [1.54, 1.807) is 29.2 Å². The Morgan fingerprint density at radius 2 is 1.81 bits per heavy atom. The van der Waals surface area contributed by atoms with E-state index in [9.17, 15) is 14.4 Å². The molecular weight excluding hydrogens is 482 g/mol. The number of carbonyl (C=O) groups excluding carboxylic acids is 2. The number of carboxylic acids is 1. The first-order valence-corrected chi connectivity index (χ1v) is 10.9. The number of urea groups is 1. The molecule has 32 heavy (non-hydrogen) atoms. The summed E-state index contributed by atoms with van der Waals surface area (Å²) in [6.07, 6.45) is 0.817. The molecule has 3 amide bonds. The first kappa shape index (κ1) is 21.9. The molecule has 0 aliphatic carbocycles. The summed E-state index contributed by atoms with van der Waals surface area (Å²) in [6, 6.07) is 10.1. The van der Waals surface area contributed by atoms with Crippen LogP contribution in [0, 0.1) is 5.92 Å². The van der Waals surface area contributed by atoms with Crippen molar-refractivity contribution in [2.45, 2.75) is 19.4 Å². The van der Waals surface area contributed by atoms with Crippen LogP contribution in [-0.2, 0) is 11.3 Å². The molecule has 0 unspecified atom stereocenters. The lowest BCUT2D eigenvalue weighted by Gasteiger charge is -2.30. The number of hydrogen-bond donors (Lipinski definition) is 3. The van der Waals surface area contributed by atoms with Gasteiger partial charge in [0.25, 0.3) is 5.91 Å². The summed E-state index contributed by atoms with van der Waals surface area (Å²) in [4.78, 5) is 38.2. The quantitative estimate of drug-likeness (QED) is 0.575. The highest BCUT2D eigenvalue weighted by Crippen LogP contribution is 2.32. The zero-order valence-electron chi connectivity index (χ0n) is 17.1. The number of carbonyl (C=O) groups is 3. The molecule has 0 aromatic heterocycles. The van der Waals surface area contributed by atoms with Gasteiger partial charge in [0.05, 0.1) is 17.2 Å². The lowest BCUT2D eigenvalue weighted by molar-refractivity contribution is -0.143. The fraction of sp³-hybridized carbons (Fsp3) is 0.318. The number of carboxylic acid groups (broad SMARTS) is 1. The molecule has 2 aliphatic heterocycles. The Morgan fingerprint density at radius 1 is 1.06 bits per heavy atom. The van der Waals surface area contributed by atoms with Gasteiger partial charge < -0.3 is 30.1 Å². The maximum Gasteiger partial charge on any atom is 0.321 e. The van der Waals surface area contributed by atoms with Crippen molar-refractivity contribution in [3.05, 3.63) is 52.0 Å². The first-order chi connectivity index (χ1) is 15.4. The predicted molar refractivity (Wildman–Crippen MR) is 119 cm³/mol. The van der Waals surface area contributed by atoms with E-state index in [0.717, 1.165) is 5.56 Å². The van der Waals surface area contributed by atoms with Gasteiger partial charge in [-0.1, -0.05) is 22.0 Å². The first-order valence-electron chi connectivity index (χ1n) is 10.2. The zero-order chi connectivity index (χ0) is 22.7. The molecule has 0 spiro atoms. The molecule has 1 fully saturated rings. The summed E-state index contributed by atoms with van der Waals surface area (Å²) in [7, 11) is 0. The molecule has 0 bridgehead atoms. The Bertz CT molecular complexity index is 1050. The van der Waals surface area contributed by atoms with Crippen LogP contribution in [0.3, 0.4) is 0 Å². The standard InChI is InChI=1S/C22H22BrN3O6/c23-15-2-3-17(25-22(30)26-7-5-14(6-8-26)21(28)29)16(10-15)20(27)24-11-13-1-4-18-19(9-13)32-12-31-18/h1-4,9-10,14H,5-8,11-12H2,(H,24,27)(H,25,30)(H,28,29). The highest BCUT2D eigenvalue weighted by Gasteiger charge is 2.27. The third-order valence-corrected chi connectivity index (χ3v) is 5.98. The highest BCUT2D eigenvalue weighted by molar-refractivity contribution is 9.10. The smallest absolute Gasteiger partial charge is 0.321 e. The van der Waals surface area contributed by atoms with Crippen LogP contribution in [0.5, 0.6) is 11.5 Å². The number of anilines is 1. The van der Waals surface area contributed by atoms with Gasteiger partial charge in [0.2, 0.25) is 6.79 Å². The summed E-state index contributed by atoms with van der Waals surface area (Å²) in [5.74, 6) is -0.296. The molecule has 2 heterocycles. The van der Waals surface area contributed by atoms with Crippen molar-refractivity contribution in [3.8, 4) is 11.5 Å². The van der Waals surface area contributed by atoms with E-state index in [-0.39, 0.29) is 25.3 Å². The number of nitrogens with one attached hydrogen (secondary N) is 2. The van der Waals surface area contributed by atoms with Crippen LogP contribution >= 0.6 is 15.9 Å². The molecule has 0 saturated carbocycles. The molecule has 2 aromatic carbocycles. The number of nitrogens with zero attached hydrogens (tertiary/aromatic N) is 1. The van der Waals surface area contributed by atoms with E-state index in [1.165, 1.54) is 0 Å². The second kappa shape index (κ2) is 9.47. The number of likely N-dealkylation sites (tertiary alicyclic amines) is 1. The van der Waals surface area contributed by atoms with Gasteiger partial charge in [0, 0.05) is 24.1 Å². The number of aliphatic carboxylic acids is 1. The van der Waals surface area contributed by atoms with Crippen LogP contribution < -0.4 is 20.1 Å². The normalized spacial score (nSPS) is 15.3. The topological polar surface area (TPSA) is 117 Å². The molecule has 2 aromatic rings. The number of rotatable bonds is 5. The van der Waals surface area contributed by atoms with Crippen LogP contribution in [0.15, 0.2) is 40.9 Å². The number of benzene rings is 2. The average molecular weight is 504 g/mol. The lowest BCUT2D eigenvalue weighted by atomic mass is 9.97. The molecule has 10 heteroatoms. The largest absolute Gasteiger partial charge is 0.481 e. The molecule has 0 radical (unpaired) electrons. The van der Waals surface area contributed by atoms with Crippen molar-refractivity contribution in [1.82, 2.24) is 10.2 Å². The maximum absolute atomic E-state index is 12.9. The van der Waals surface area contributed by atoms with Crippen molar-refractivity contribution in [1.29, 1.82) is 0 Å². The Morgan fingerprint density at radius 3 is 2.56 bits per heavy atom. The highest BCUT2D eigenvalue weighted by atomic mass is 79.9. The van der Waals surface area contributed by atoms with Crippen LogP contribution in [0.2, 0.25) is 0 Å². The van der Waals surface area contributed by atoms with Crippen molar-refractivity contribution >= 4 is 39.5 Å². The number of piperidine rings is 1. The van der Waals surface area contributed by atoms with Crippen LogP contribution in [0.25, 0.3) is 0 Å². The number of halogens is 1. The van der Waals surface area contributed by atoms with Gasteiger partial charge in [-0.2, -0.15) is 0 Å². The van der Waals surface area contributed by atoms with Gasteiger partial charge >= 0.3 is 12.0 Å². The molecular formula is C22H22BrN3O6. The second-order valence-corrected chi connectivity index (χ2v) is 8.51. The van der Waals surface area contributed by atoms with Gasteiger partial charge in [0.15, 0.2) is 11.5 Å². The minimum Gasteiger partial charge on any atom is -0.481 e. The third-order valence-electron chi connectivity index (χ3n) is 5.49. The molecule has 9 nitrogen and oxygen atoms in total. The predicted octanol–water partition coefficient (Wildman–Crippen LogP) is 3.44. The van der Waals surface area contributed by atoms with Crippen molar-refractivity contribution in [2.75, 3.05) is 25.2 Å². The molecule has 3 N–H and O–H groups in total. The average Bonchev–Trinajstić information content (AvgIpc) is 3.26. The number of hydrogen-bond acceptors (Lipinski definition) is 5. The molecule has 2 aliphatic rings. The Hall–Kier alpha value is -3.27. The van der Waals surface area contributed by atoms with Crippen molar-refractivity contribution < 1.29 is 29.0 Å². The Labute approximate surface area is 192 Å². The maximum atomic E-state index is 12.9. The number of ether oxygens (including phenoxy) is 2. The lowest BCUT2D eigenvalue weighted by Crippen LogP contribution is -2.42. The van der Waals surface area contributed by atoms with Gasteiger partial charge in [-0.15, -0.1) is 0 Å². The van der Waals surface area contributed by atoms with E-state index in [1.807, 2.05) is 12.1 Å². The monoisotopic (exact) mass is 503 g/mol. The van der Waals surface area contributed by atoms with Crippen molar-refractivity contribution in [3.63, 3.8) is 0 Å². The fourth-order valence-corrected chi connectivity index (χ4v) is 4.03. The van der Waals surface area contributed by atoms with Crippen LogP contribution in [0.4, 0.5) is 10.5 Å². The molecule has 4 rings (SSSR count). The molecule has 1 saturated heterocycles. The van der Waals surface area contributed by atoms with E-state index in [4.69, 9.17) is 14.6 Å². The minimum atomic E-state index is -0.834. The molecule has 168 valence electrons. The Kier molecular flexibility index (Phi) is 6.50. The van der Waals surface area contributed by atoms with Gasteiger partial charge in [0.1, 0.15) is 0 Å². The van der Waals surface area contributed by atoms with E-state index < -0.39 is 11.9 Å². The van der Waals surface area contributed by atoms with Gasteiger partial charge in [-0.05, 0) is 48.7 Å². The van der Waals surface area contributed by atoms with Crippen LogP contribution in [-0.4, -0.2) is 47.8 Å². The van der Waals surface area contributed by atoms with E-state index in [2.05, 4.69) is 26.6 Å². The summed E-state index contributed by atoms with van der Waals surface area (Å²) in [5.41, 5.74) is 1.54. The zero-order valence-corrected chi connectivity index (χ0v) is 18.7. The van der Waals surface area contributed by atoms with Crippen LogP contribution in [0.1, 0.15) is 28.8 Å². The molecule has 0 atom stereocenters. The fourth-order valence-electron chi connectivity index (χ4n) is 3.67. The number of amides is 3. The summed E-state index contributed by atoms with van der Waals surface area (Å²) in [5, 5.41) is 14.8. The Balaban J connectivity index is 1.40. The second-order valence-electron chi connectivity index (χ2n) is 7.59. The number of fused-ring (bicyclic) bond motifs is 1. The van der Waals surface area contributed by atoms with Gasteiger partial charge in [-0.25, -0.2) is 4.79 Å². The summed E-state index contributed by atoms with van der Waals surface area (Å²) in [6.45, 7) is 1.16. The SMILES string of the molecule is O=C(NCc1ccc2c(c1)OCO2)c1cc(Br)ccc1NC(=O)N1CCC(C(=O)O)CC1. The summed E-state index contributed by atoms with van der Waals surface area (Å²) >= 11 is 3.37. The van der Waals surface area contributed by atoms with Gasteiger partial charge in [-0.3, -0.25) is 9.59 Å². The van der Waals surface area contributed by atoms with E-state index in [0.29, 0.717) is 53.2 Å². The van der Waals surface area contributed by atoms with Crippen molar-refractivity contribution in [2.24, 2.45) is 5.92 Å². The minimum absolute atomic E-state index is 0.181. The third kappa shape index (κ3) is 4.96. The summed E-state index contributed by atoms with van der Waals surface area (Å²) < 4.78 is 11.4.